The van der Waals surface area contributed by atoms with Crippen LogP contribution in [0.15, 0.2) is 42.5 Å². The van der Waals surface area contributed by atoms with E-state index >= 15 is 0 Å². The lowest BCUT2D eigenvalue weighted by Crippen LogP contribution is -2.01. The lowest BCUT2D eigenvalue weighted by Gasteiger charge is -2.00. The highest BCUT2D eigenvalue weighted by atomic mass is 35.5. The second-order valence-electron chi connectivity index (χ2n) is 5.77. The largest absolute Gasteiger partial charge is 0.508 e. The van der Waals surface area contributed by atoms with Crippen molar-refractivity contribution in [2.45, 2.75) is 6.42 Å². The number of H-pyrrole nitrogens is 1. The Balaban J connectivity index is 1.71. The summed E-state index contributed by atoms with van der Waals surface area (Å²) in [6.45, 7) is 0. The van der Waals surface area contributed by atoms with Gasteiger partial charge in [-0.3, -0.25) is 0 Å². The third-order valence-electron chi connectivity index (χ3n) is 4.13. The number of nitrogens with one attached hydrogen (secondary N) is 1. The first-order valence-corrected chi connectivity index (χ1v) is 8.03. The number of aromatic nitrogens is 6. The highest BCUT2D eigenvalue weighted by Gasteiger charge is 2.15. The predicted molar refractivity (Wildman–Crippen MR) is 93.9 cm³/mol. The number of benzene rings is 2. The first-order chi connectivity index (χ1) is 12.2. The molecule has 0 saturated carbocycles. The molecular formula is C17H11ClN6O. The van der Waals surface area contributed by atoms with Gasteiger partial charge in [-0.15, -0.1) is 10.2 Å². The molecule has 0 aliphatic heterocycles. The maximum atomic E-state index is 9.40. The average molecular weight is 351 g/mol. The summed E-state index contributed by atoms with van der Waals surface area (Å²) in [7, 11) is 0. The van der Waals surface area contributed by atoms with Gasteiger partial charge in [0.05, 0.1) is 10.5 Å². The van der Waals surface area contributed by atoms with Crippen molar-refractivity contribution < 1.29 is 5.11 Å². The summed E-state index contributed by atoms with van der Waals surface area (Å²) in [5.74, 6) is 1.31. The molecule has 0 aliphatic rings. The Morgan fingerprint density at radius 1 is 1.08 bits per heavy atom. The Labute approximate surface area is 145 Å². The summed E-state index contributed by atoms with van der Waals surface area (Å²) in [5.41, 5.74) is 3.17. The van der Waals surface area contributed by atoms with Gasteiger partial charge in [0.25, 0.3) is 5.78 Å². The second kappa shape index (κ2) is 5.15. The van der Waals surface area contributed by atoms with Crippen LogP contribution >= 0.6 is 11.6 Å². The van der Waals surface area contributed by atoms with Crippen LogP contribution in [0.1, 0.15) is 11.4 Å². The zero-order chi connectivity index (χ0) is 17.0. The topological polar surface area (TPSA) is 92.0 Å². The van der Waals surface area contributed by atoms with Crippen LogP contribution in [-0.4, -0.2) is 34.9 Å². The molecule has 0 fully saturated rings. The smallest absolute Gasteiger partial charge is 0.273 e. The highest BCUT2D eigenvalue weighted by Crippen LogP contribution is 2.29. The fourth-order valence-electron chi connectivity index (χ4n) is 2.93. The first kappa shape index (κ1) is 14.2. The molecule has 5 aromatic rings. The van der Waals surface area contributed by atoms with Crippen LogP contribution in [0, 0.1) is 0 Å². The predicted octanol–water partition coefficient (Wildman–Crippen LogP) is 3.10. The Hall–Kier alpha value is -3.19. The maximum Gasteiger partial charge on any atom is 0.273 e. The molecule has 0 saturated heterocycles. The van der Waals surface area contributed by atoms with Gasteiger partial charge < -0.3 is 10.1 Å². The van der Waals surface area contributed by atoms with E-state index in [-0.39, 0.29) is 5.75 Å². The molecule has 2 aromatic carbocycles. The standard InChI is InChI=1S/C17H11ClN6O/c18-11-2-1-3-12-14(11)15-16(19-12)20-17-22-21-13(24(17)23-15)8-9-4-6-10(25)7-5-9/h1-7,25H,8H2,(H,19,20,22). The number of nitrogens with zero attached hydrogens (tertiary/aromatic N) is 5. The maximum absolute atomic E-state index is 9.40. The zero-order valence-electron chi connectivity index (χ0n) is 12.8. The number of phenolic OH excluding ortho intramolecular Hbond substituents is 1. The van der Waals surface area contributed by atoms with Crippen molar-refractivity contribution in [3.63, 3.8) is 0 Å². The lowest BCUT2D eigenvalue weighted by molar-refractivity contribution is 0.475. The molecule has 0 unspecified atom stereocenters. The van der Waals surface area contributed by atoms with Crippen LogP contribution in [0.5, 0.6) is 5.75 Å². The van der Waals surface area contributed by atoms with Crippen molar-refractivity contribution in [3.8, 4) is 5.75 Å². The van der Waals surface area contributed by atoms with Crippen molar-refractivity contribution in [1.29, 1.82) is 0 Å². The van der Waals surface area contributed by atoms with E-state index in [2.05, 4.69) is 25.3 Å². The highest BCUT2D eigenvalue weighted by molar-refractivity contribution is 6.37. The summed E-state index contributed by atoms with van der Waals surface area (Å²) in [6, 6.07) is 12.6. The van der Waals surface area contributed by atoms with Crippen LogP contribution in [0.25, 0.3) is 27.8 Å². The first-order valence-electron chi connectivity index (χ1n) is 7.65. The number of aromatic amines is 1. The zero-order valence-corrected chi connectivity index (χ0v) is 13.6. The van der Waals surface area contributed by atoms with Crippen molar-refractivity contribution in [3.05, 3.63) is 58.9 Å². The molecular weight excluding hydrogens is 340 g/mol. The summed E-state index contributed by atoms with van der Waals surface area (Å²) >= 11 is 6.33. The normalized spacial score (nSPS) is 11.7. The van der Waals surface area contributed by atoms with E-state index in [1.54, 1.807) is 16.6 Å². The van der Waals surface area contributed by atoms with Crippen molar-refractivity contribution in [2.75, 3.05) is 0 Å². The van der Waals surface area contributed by atoms with Gasteiger partial charge in [-0.1, -0.05) is 29.8 Å². The van der Waals surface area contributed by atoms with Crippen LogP contribution in [0.4, 0.5) is 0 Å². The SMILES string of the molecule is Oc1ccc(Cc2nnc3nc4[nH]c5cccc(Cl)c5c4nn23)cc1. The molecule has 3 aromatic heterocycles. The molecule has 122 valence electrons. The molecule has 25 heavy (non-hydrogen) atoms. The van der Waals surface area contributed by atoms with Gasteiger partial charge in [0, 0.05) is 11.8 Å². The molecule has 8 heteroatoms. The Bertz CT molecular complexity index is 1240. The van der Waals surface area contributed by atoms with Crippen LogP contribution in [0.2, 0.25) is 5.02 Å². The Morgan fingerprint density at radius 3 is 2.76 bits per heavy atom. The van der Waals surface area contributed by atoms with Crippen LogP contribution in [0.3, 0.4) is 0 Å². The van der Waals surface area contributed by atoms with Crippen molar-refractivity contribution >= 4 is 39.4 Å². The number of hydrogen-bond donors (Lipinski definition) is 2. The minimum absolute atomic E-state index is 0.227. The van der Waals surface area contributed by atoms with Gasteiger partial charge in [-0.25, -0.2) is 0 Å². The quantitative estimate of drug-likeness (QED) is 0.510. The molecule has 3 heterocycles. The summed E-state index contributed by atoms with van der Waals surface area (Å²) in [6.07, 6.45) is 0.526. The Kier molecular flexibility index (Phi) is 2.92. The third-order valence-corrected chi connectivity index (χ3v) is 4.44. The molecule has 0 radical (unpaired) electrons. The fourth-order valence-corrected chi connectivity index (χ4v) is 3.20. The number of hydrogen-bond acceptors (Lipinski definition) is 5. The van der Waals surface area contributed by atoms with E-state index in [1.807, 2.05) is 30.3 Å². The van der Waals surface area contributed by atoms with Gasteiger partial charge in [-0.05, 0) is 29.8 Å². The van der Waals surface area contributed by atoms with Gasteiger partial charge >= 0.3 is 0 Å². The van der Waals surface area contributed by atoms with Gasteiger partial charge in [-0.2, -0.15) is 14.6 Å². The van der Waals surface area contributed by atoms with E-state index < -0.39 is 0 Å². The molecule has 2 N–H and O–H groups in total. The molecule has 7 nitrogen and oxygen atoms in total. The Morgan fingerprint density at radius 2 is 1.92 bits per heavy atom. The summed E-state index contributed by atoms with van der Waals surface area (Å²) in [5, 5.41) is 23.8. The average Bonchev–Trinajstić information content (AvgIpc) is 3.16. The van der Waals surface area contributed by atoms with E-state index in [9.17, 15) is 5.11 Å². The van der Waals surface area contributed by atoms with Gasteiger partial charge in [0.15, 0.2) is 11.5 Å². The molecule has 0 aliphatic carbocycles. The molecule has 0 amide bonds. The van der Waals surface area contributed by atoms with E-state index in [0.717, 1.165) is 16.5 Å². The van der Waals surface area contributed by atoms with E-state index in [4.69, 9.17) is 11.6 Å². The number of fused-ring (bicyclic) bond motifs is 4. The van der Waals surface area contributed by atoms with Crippen molar-refractivity contribution in [1.82, 2.24) is 29.8 Å². The molecule has 5 rings (SSSR count). The summed E-state index contributed by atoms with van der Waals surface area (Å²) in [4.78, 5) is 7.71. The van der Waals surface area contributed by atoms with E-state index in [1.165, 1.54) is 0 Å². The molecule has 0 spiro atoms. The molecule has 0 atom stereocenters. The summed E-state index contributed by atoms with van der Waals surface area (Å²) < 4.78 is 1.63. The number of rotatable bonds is 2. The third kappa shape index (κ3) is 2.20. The van der Waals surface area contributed by atoms with Crippen LogP contribution in [-0.2, 0) is 6.42 Å². The lowest BCUT2D eigenvalue weighted by atomic mass is 10.1. The van der Waals surface area contributed by atoms with E-state index in [0.29, 0.717) is 34.2 Å². The number of aromatic hydroxyl groups is 1. The van der Waals surface area contributed by atoms with Gasteiger partial charge in [0.1, 0.15) is 11.3 Å². The van der Waals surface area contributed by atoms with Crippen molar-refractivity contribution in [2.24, 2.45) is 0 Å². The number of halogens is 1. The van der Waals surface area contributed by atoms with Gasteiger partial charge in [0.2, 0.25) is 0 Å². The minimum Gasteiger partial charge on any atom is -0.508 e. The second-order valence-corrected chi connectivity index (χ2v) is 6.17. The molecule has 0 bridgehead atoms. The monoisotopic (exact) mass is 350 g/mol. The van der Waals surface area contributed by atoms with Crippen LogP contribution < -0.4 is 0 Å². The number of phenols is 1. The fraction of sp³-hybridized carbons (Fsp3) is 0.0588. The minimum atomic E-state index is 0.227.